The highest BCUT2D eigenvalue weighted by Gasteiger charge is 2.24. The van der Waals surface area contributed by atoms with Gasteiger partial charge in [-0.1, -0.05) is 28.1 Å². The van der Waals surface area contributed by atoms with Gasteiger partial charge in [0.1, 0.15) is 6.17 Å². The largest absolute Gasteiger partial charge is 0.317 e. The first-order valence-electron chi connectivity index (χ1n) is 5.37. The monoisotopic (exact) mass is 271 g/mol. The van der Waals surface area contributed by atoms with Crippen LogP contribution < -0.4 is 5.32 Å². The van der Waals surface area contributed by atoms with Crippen molar-refractivity contribution in [3.63, 3.8) is 0 Å². The minimum Gasteiger partial charge on any atom is -0.317 e. The lowest BCUT2D eigenvalue weighted by Gasteiger charge is -2.26. The molecule has 0 aromatic heterocycles. The first-order valence-corrected chi connectivity index (χ1v) is 6.17. The molecule has 1 nitrogen and oxygen atoms in total. The molecule has 0 amide bonds. The van der Waals surface area contributed by atoms with E-state index in [4.69, 9.17) is 0 Å². The van der Waals surface area contributed by atoms with Crippen molar-refractivity contribution in [3.05, 3.63) is 34.3 Å². The minimum atomic E-state index is -0.815. The van der Waals surface area contributed by atoms with Gasteiger partial charge in [0.2, 0.25) is 0 Å². The molecule has 1 unspecified atom stereocenters. The smallest absolute Gasteiger partial charge is 0.128 e. The Kier molecular flexibility index (Phi) is 3.76. The van der Waals surface area contributed by atoms with Crippen molar-refractivity contribution in [2.75, 3.05) is 13.1 Å². The van der Waals surface area contributed by atoms with E-state index in [-0.39, 0.29) is 5.92 Å². The Labute approximate surface area is 98.2 Å². The molecule has 1 aliphatic heterocycles. The van der Waals surface area contributed by atoms with E-state index >= 15 is 0 Å². The van der Waals surface area contributed by atoms with E-state index in [2.05, 4.69) is 21.2 Å². The van der Waals surface area contributed by atoms with Crippen molar-refractivity contribution in [1.29, 1.82) is 0 Å². The molecule has 1 aromatic rings. The highest BCUT2D eigenvalue weighted by molar-refractivity contribution is 9.10. The number of hydrogen-bond acceptors (Lipinski definition) is 1. The Morgan fingerprint density at radius 1 is 1.33 bits per heavy atom. The molecule has 3 heteroatoms. The topological polar surface area (TPSA) is 12.0 Å². The van der Waals surface area contributed by atoms with Crippen LogP contribution in [0.4, 0.5) is 4.39 Å². The second kappa shape index (κ2) is 5.08. The van der Waals surface area contributed by atoms with Gasteiger partial charge in [-0.2, -0.15) is 0 Å². The molecule has 1 aromatic carbocycles. The fraction of sp³-hybridized carbons (Fsp3) is 0.500. The van der Waals surface area contributed by atoms with Gasteiger partial charge in [-0.25, -0.2) is 4.39 Å². The Balaban J connectivity index is 2.08. The van der Waals surface area contributed by atoms with Crippen LogP contribution in [0.15, 0.2) is 28.7 Å². The third-order valence-electron chi connectivity index (χ3n) is 2.96. The molecule has 82 valence electrons. The summed E-state index contributed by atoms with van der Waals surface area (Å²) in [5, 5.41) is 3.26. The summed E-state index contributed by atoms with van der Waals surface area (Å²) in [4.78, 5) is 0. The van der Waals surface area contributed by atoms with E-state index < -0.39 is 6.17 Å². The summed E-state index contributed by atoms with van der Waals surface area (Å²) < 4.78 is 15.1. The average molecular weight is 272 g/mol. The molecule has 15 heavy (non-hydrogen) atoms. The van der Waals surface area contributed by atoms with Gasteiger partial charge in [0, 0.05) is 4.47 Å². The number of hydrogen-bond donors (Lipinski definition) is 1. The predicted octanol–water partition coefficient (Wildman–Crippen LogP) is 3.46. The normalized spacial score (nSPS) is 20.1. The number of alkyl halides is 1. The first-order chi connectivity index (χ1) is 7.27. The van der Waals surface area contributed by atoms with Crippen LogP contribution in [0, 0.1) is 5.92 Å². The fourth-order valence-electron chi connectivity index (χ4n) is 2.09. The Bertz CT molecular complexity index is 323. The average Bonchev–Trinajstić information content (AvgIpc) is 2.29. The summed E-state index contributed by atoms with van der Waals surface area (Å²) in [7, 11) is 0. The van der Waals surface area contributed by atoms with E-state index in [1.165, 1.54) is 0 Å². The molecule has 1 saturated heterocycles. The molecule has 2 rings (SSSR count). The molecule has 0 spiro atoms. The maximum Gasteiger partial charge on any atom is 0.128 e. The molecule has 0 aliphatic carbocycles. The van der Waals surface area contributed by atoms with Gasteiger partial charge in [-0.3, -0.25) is 0 Å². The Hall–Kier alpha value is -0.410. The lowest BCUT2D eigenvalue weighted by Crippen LogP contribution is -2.29. The second-order valence-corrected chi connectivity index (χ2v) is 4.96. The lowest BCUT2D eigenvalue weighted by atomic mass is 9.89. The maximum absolute atomic E-state index is 14.2. The van der Waals surface area contributed by atoms with Crippen LogP contribution >= 0.6 is 15.9 Å². The van der Waals surface area contributed by atoms with Crippen molar-refractivity contribution in [1.82, 2.24) is 5.32 Å². The number of halogens is 2. The highest BCUT2D eigenvalue weighted by Crippen LogP contribution is 2.33. The van der Waals surface area contributed by atoms with Gasteiger partial charge in [0.25, 0.3) is 0 Å². The van der Waals surface area contributed by atoms with Crippen LogP contribution in [0.1, 0.15) is 24.6 Å². The molecule has 1 fully saturated rings. The van der Waals surface area contributed by atoms with Gasteiger partial charge >= 0.3 is 0 Å². The van der Waals surface area contributed by atoms with Crippen LogP contribution in [0.2, 0.25) is 0 Å². The third kappa shape index (κ3) is 2.79. The van der Waals surface area contributed by atoms with E-state index in [1.807, 2.05) is 24.3 Å². The minimum absolute atomic E-state index is 0.181. The van der Waals surface area contributed by atoms with Gasteiger partial charge in [0.15, 0.2) is 0 Å². The van der Waals surface area contributed by atoms with Crippen LogP contribution in [-0.2, 0) is 0 Å². The van der Waals surface area contributed by atoms with Crippen molar-refractivity contribution in [2.24, 2.45) is 5.92 Å². The standard InChI is InChI=1S/C12H15BrFN/c13-11-3-1-2-10(8-11)12(14)9-4-6-15-7-5-9/h1-3,8-9,12,15H,4-7H2. The molecule has 1 N–H and O–H groups in total. The molecule has 1 aliphatic rings. The van der Waals surface area contributed by atoms with Crippen LogP contribution in [0.3, 0.4) is 0 Å². The molecule has 0 bridgehead atoms. The van der Waals surface area contributed by atoms with Gasteiger partial charge in [-0.15, -0.1) is 0 Å². The fourth-order valence-corrected chi connectivity index (χ4v) is 2.50. The summed E-state index contributed by atoms with van der Waals surface area (Å²) >= 11 is 3.38. The Morgan fingerprint density at radius 3 is 2.73 bits per heavy atom. The van der Waals surface area contributed by atoms with Crippen molar-refractivity contribution < 1.29 is 4.39 Å². The molecule has 0 saturated carbocycles. The Morgan fingerprint density at radius 2 is 2.07 bits per heavy atom. The van der Waals surface area contributed by atoms with Gasteiger partial charge in [-0.05, 0) is 49.5 Å². The maximum atomic E-state index is 14.2. The summed E-state index contributed by atoms with van der Waals surface area (Å²) in [6.45, 7) is 1.89. The third-order valence-corrected chi connectivity index (χ3v) is 3.46. The summed E-state index contributed by atoms with van der Waals surface area (Å²) in [6.07, 6.45) is 1.06. The lowest BCUT2D eigenvalue weighted by molar-refractivity contribution is 0.190. The van der Waals surface area contributed by atoms with Crippen molar-refractivity contribution in [2.45, 2.75) is 19.0 Å². The van der Waals surface area contributed by atoms with Crippen LogP contribution in [0.5, 0.6) is 0 Å². The zero-order chi connectivity index (χ0) is 10.7. The zero-order valence-corrected chi connectivity index (χ0v) is 10.1. The molecule has 0 radical (unpaired) electrons. The van der Waals surface area contributed by atoms with E-state index in [0.29, 0.717) is 0 Å². The second-order valence-electron chi connectivity index (χ2n) is 4.04. The van der Waals surface area contributed by atoms with E-state index in [9.17, 15) is 4.39 Å². The highest BCUT2D eigenvalue weighted by atomic mass is 79.9. The molecule has 1 atom stereocenters. The number of benzene rings is 1. The van der Waals surface area contributed by atoms with E-state index in [0.717, 1.165) is 36.0 Å². The van der Waals surface area contributed by atoms with Crippen molar-refractivity contribution >= 4 is 15.9 Å². The molecular formula is C12H15BrFN. The first kappa shape index (κ1) is 11.1. The molecular weight excluding hydrogens is 257 g/mol. The summed E-state index contributed by atoms with van der Waals surface area (Å²) in [5.41, 5.74) is 0.802. The van der Waals surface area contributed by atoms with Crippen molar-refractivity contribution in [3.8, 4) is 0 Å². The van der Waals surface area contributed by atoms with Gasteiger partial charge in [0.05, 0.1) is 0 Å². The van der Waals surface area contributed by atoms with Gasteiger partial charge < -0.3 is 5.32 Å². The predicted molar refractivity (Wildman–Crippen MR) is 63.6 cm³/mol. The summed E-state index contributed by atoms with van der Waals surface area (Å²) in [5.74, 6) is 0.181. The summed E-state index contributed by atoms with van der Waals surface area (Å²) in [6, 6.07) is 7.58. The SMILES string of the molecule is FC(c1cccc(Br)c1)C1CCNCC1. The number of nitrogens with one attached hydrogen (secondary N) is 1. The number of piperidine rings is 1. The zero-order valence-electron chi connectivity index (χ0n) is 8.55. The quantitative estimate of drug-likeness (QED) is 0.869. The van der Waals surface area contributed by atoms with Crippen LogP contribution in [0.25, 0.3) is 0 Å². The molecule has 1 heterocycles. The van der Waals surface area contributed by atoms with E-state index in [1.54, 1.807) is 0 Å². The van der Waals surface area contributed by atoms with Crippen LogP contribution in [-0.4, -0.2) is 13.1 Å². The number of rotatable bonds is 2.